The second-order valence-corrected chi connectivity index (χ2v) is 6.86. The van der Waals surface area contributed by atoms with Gasteiger partial charge in [-0.05, 0) is 56.7 Å². The first-order valence-electron chi connectivity index (χ1n) is 7.85. The molecule has 1 N–H and O–H groups in total. The molecule has 0 saturated heterocycles. The van der Waals surface area contributed by atoms with E-state index in [9.17, 15) is 9.90 Å². The Balaban J connectivity index is 2.33. The lowest BCUT2D eigenvalue weighted by Crippen LogP contribution is -2.46. The summed E-state index contributed by atoms with van der Waals surface area (Å²) in [5.41, 5.74) is 2.57. The number of carbonyl (C=O) groups is 1. The predicted octanol–water partition coefficient (Wildman–Crippen LogP) is 3.60. The van der Waals surface area contributed by atoms with Crippen LogP contribution in [0.15, 0.2) is 0 Å². The van der Waals surface area contributed by atoms with Crippen LogP contribution in [-0.2, 0) is 16.0 Å². The number of phenols is 1. The lowest BCUT2D eigenvalue weighted by molar-refractivity contribution is -0.163. The fraction of sp³-hybridized carbons (Fsp3) is 0.611. The van der Waals surface area contributed by atoms with Crippen molar-refractivity contribution in [1.82, 2.24) is 0 Å². The van der Waals surface area contributed by atoms with Crippen LogP contribution in [0, 0.1) is 26.7 Å². The van der Waals surface area contributed by atoms with Gasteiger partial charge in [-0.2, -0.15) is 0 Å². The Morgan fingerprint density at radius 3 is 2.50 bits per heavy atom. The summed E-state index contributed by atoms with van der Waals surface area (Å²) in [5, 5.41) is 10.2. The van der Waals surface area contributed by atoms with Crippen LogP contribution in [0.5, 0.6) is 11.5 Å². The van der Waals surface area contributed by atoms with Gasteiger partial charge in [-0.1, -0.05) is 13.8 Å². The number of benzene rings is 1. The Bertz CT molecular complexity index is 604. The summed E-state index contributed by atoms with van der Waals surface area (Å²) in [6, 6.07) is 0. The van der Waals surface area contributed by atoms with E-state index < -0.39 is 5.60 Å². The van der Waals surface area contributed by atoms with E-state index in [1.54, 1.807) is 6.92 Å². The molecule has 4 nitrogen and oxygen atoms in total. The molecule has 0 fully saturated rings. The summed E-state index contributed by atoms with van der Waals surface area (Å²) in [6.07, 6.45) is 1.25. The number of ether oxygens (including phenoxy) is 2. The number of aromatic hydroxyl groups is 1. The summed E-state index contributed by atoms with van der Waals surface area (Å²) in [6.45, 7) is 11.9. The van der Waals surface area contributed by atoms with E-state index in [0.717, 1.165) is 28.0 Å². The van der Waals surface area contributed by atoms with Crippen molar-refractivity contribution in [2.45, 2.75) is 60.0 Å². The minimum absolute atomic E-state index is 0.298. The van der Waals surface area contributed by atoms with E-state index in [2.05, 4.69) is 0 Å². The fourth-order valence-corrected chi connectivity index (χ4v) is 2.79. The normalized spacial score (nSPS) is 20.5. The van der Waals surface area contributed by atoms with Crippen molar-refractivity contribution in [2.24, 2.45) is 5.92 Å². The quantitative estimate of drug-likeness (QED) is 0.867. The maximum absolute atomic E-state index is 12.4. The highest BCUT2D eigenvalue weighted by molar-refractivity contribution is 5.80. The van der Waals surface area contributed by atoms with Crippen molar-refractivity contribution in [1.29, 1.82) is 0 Å². The lowest BCUT2D eigenvalue weighted by atomic mass is 9.87. The molecular weight excluding hydrogens is 280 g/mol. The van der Waals surface area contributed by atoms with Gasteiger partial charge in [0.25, 0.3) is 0 Å². The zero-order valence-corrected chi connectivity index (χ0v) is 14.4. The first-order chi connectivity index (χ1) is 10.2. The molecule has 0 saturated carbocycles. The van der Waals surface area contributed by atoms with E-state index in [-0.39, 0.29) is 5.97 Å². The maximum atomic E-state index is 12.4. The van der Waals surface area contributed by atoms with Crippen LogP contribution in [0.3, 0.4) is 0 Å². The molecule has 0 aromatic heterocycles. The smallest absolute Gasteiger partial charge is 0.350 e. The Morgan fingerprint density at radius 1 is 1.27 bits per heavy atom. The molecule has 1 unspecified atom stereocenters. The molecule has 0 aliphatic carbocycles. The highest BCUT2D eigenvalue weighted by atomic mass is 16.6. The number of esters is 1. The van der Waals surface area contributed by atoms with Crippen LogP contribution >= 0.6 is 0 Å². The largest absolute Gasteiger partial charge is 0.507 e. The van der Waals surface area contributed by atoms with Gasteiger partial charge in [-0.3, -0.25) is 0 Å². The molecule has 1 aromatic rings. The number of hydrogen-bond acceptors (Lipinski definition) is 4. The van der Waals surface area contributed by atoms with E-state index in [4.69, 9.17) is 9.47 Å². The van der Waals surface area contributed by atoms with Gasteiger partial charge < -0.3 is 14.6 Å². The average molecular weight is 306 g/mol. The number of hydrogen-bond donors (Lipinski definition) is 1. The van der Waals surface area contributed by atoms with Crippen molar-refractivity contribution in [3.8, 4) is 11.5 Å². The van der Waals surface area contributed by atoms with Crippen LogP contribution in [0.2, 0.25) is 0 Å². The second kappa shape index (κ2) is 5.82. The average Bonchev–Trinajstić information content (AvgIpc) is 2.48. The van der Waals surface area contributed by atoms with Gasteiger partial charge >= 0.3 is 5.97 Å². The first-order valence-corrected chi connectivity index (χ1v) is 7.85. The molecule has 2 rings (SSSR count). The fourth-order valence-electron chi connectivity index (χ4n) is 2.79. The third kappa shape index (κ3) is 2.79. The molecule has 22 heavy (non-hydrogen) atoms. The van der Waals surface area contributed by atoms with Gasteiger partial charge in [-0.25, -0.2) is 4.79 Å². The van der Waals surface area contributed by atoms with E-state index in [1.165, 1.54) is 0 Å². The number of fused-ring (bicyclic) bond motifs is 1. The van der Waals surface area contributed by atoms with Crippen LogP contribution in [0.1, 0.15) is 49.4 Å². The minimum atomic E-state index is -0.956. The van der Waals surface area contributed by atoms with Crippen LogP contribution in [0.4, 0.5) is 0 Å². The zero-order chi connectivity index (χ0) is 16.7. The molecule has 1 aliphatic heterocycles. The Kier molecular flexibility index (Phi) is 4.41. The van der Waals surface area contributed by atoms with Crippen molar-refractivity contribution in [3.05, 3.63) is 22.3 Å². The Labute approximate surface area is 132 Å². The lowest BCUT2D eigenvalue weighted by Gasteiger charge is -2.36. The first kappa shape index (κ1) is 16.7. The Hall–Kier alpha value is -1.71. The zero-order valence-electron chi connectivity index (χ0n) is 14.4. The van der Waals surface area contributed by atoms with Crippen LogP contribution < -0.4 is 4.74 Å². The SMILES string of the molecule is Cc1c(C)c2c(c(C)c1O)CCC(C)(C(=O)OCC(C)C)O2. The Morgan fingerprint density at radius 2 is 1.91 bits per heavy atom. The highest BCUT2D eigenvalue weighted by Crippen LogP contribution is 2.43. The summed E-state index contributed by atoms with van der Waals surface area (Å²) in [5.74, 6) is 1.04. The van der Waals surface area contributed by atoms with Crippen molar-refractivity contribution in [2.75, 3.05) is 6.61 Å². The van der Waals surface area contributed by atoms with E-state index >= 15 is 0 Å². The van der Waals surface area contributed by atoms with Crippen LogP contribution in [-0.4, -0.2) is 23.3 Å². The van der Waals surface area contributed by atoms with Gasteiger partial charge in [-0.15, -0.1) is 0 Å². The van der Waals surface area contributed by atoms with Crippen LogP contribution in [0.25, 0.3) is 0 Å². The summed E-state index contributed by atoms with van der Waals surface area (Å²) < 4.78 is 11.4. The van der Waals surface area contributed by atoms with E-state index in [1.807, 2.05) is 34.6 Å². The standard InChI is InChI=1S/C18H26O4/c1-10(2)9-21-17(20)18(6)8-7-14-13(5)15(19)11(3)12(4)16(14)22-18/h10,19H,7-9H2,1-6H3. The molecule has 0 radical (unpaired) electrons. The molecule has 0 bridgehead atoms. The third-order valence-electron chi connectivity index (χ3n) is 4.50. The van der Waals surface area contributed by atoms with Gasteiger partial charge in [0.05, 0.1) is 6.61 Å². The number of phenolic OH excluding ortho intramolecular Hbond substituents is 1. The molecular formula is C18H26O4. The molecule has 1 aromatic carbocycles. The monoisotopic (exact) mass is 306 g/mol. The minimum Gasteiger partial charge on any atom is -0.507 e. The number of rotatable bonds is 3. The highest BCUT2D eigenvalue weighted by Gasteiger charge is 2.42. The number of carbonyl (C=O) groups excluding carboxylic acids is 1. The van der Waals surface area contributed by atoms with Gasteiger partial charge in [0.15, 0.2) is 0 Å². The van der Waals surface area contributed by atoms with Gasteiger partial charge in [0.1, 0.15) is 11.5 Å². The van der Waals surface area contributed by atoms with E-state index in [0.29, 0.717) is 31.1 Å². The summed E-state index contributed by atoms with van der Waals surface area (Å²) in [7, 11) is 0. The maximum Gasteiger partial charge on any atom is 0.350 e. The molecule has 1 aliphatic rings. The summed E-state index contributed by atoms with van der Waals surface area (Å²) >= 11 is 0. The molecule has 4 heteroatoms. The third-order valence-corrected chi connectivity index (χ3v) is 4.50. The van der Waals surface area contributed by atoms with Crippen molar-refractivity contribution in [3.63, 3.8) is 0 Å². The molecule has 1 heterocycles. The molecule has 0 spiro atoms. The molecule has 122 valence electrons. The van der Waals surface area contributed by atoms with Gasteiger partial charge in [0, 0.05) is 12.0 Å². The topological polar surface area (TPSA) is 55.8 Å². The second-order valence-electron chi connectivity index (χ2n) is 6.86. The molecule has 0 amide bonds. The summed E-state index contributed by atoms with van der Waals surface area (Å²) in [4.78, 5) is 12.4. The molecule has 1 atom stereocenters. The van der Waals surface area contributed by atoms with Crippen molar-refractivity contribution < 1.29 is 19.4 Å². The van der Waals surface area contributed by atoms with Crippen molar-refractivity contribution >= 4 is 5.97 Å². The predicted molar refractivity (Wildman–Crippen MR) is 85.5 cm³/mol. The van der Waals surface area contributed by atoms with Gasteiger partial charge in [0.2, 0.25) is 5.60 Å².